The summed E-state index contributed by atoms with van der Waals surface area (Å²) in [6.07, 6.45) is 4.53. The second-order valence-electron chi connectivity index (χ2n) is 5.80. The van der Waals surface area contributed by atoms with Crippen molar-refractivity contribution in [2.75, 3.05) is 0 Å². The highest BCUT2D eigenvalue weighted by Crippen LogP contribution is 2.37. The molecule has 2 unspecified atom stereocenters. The predicted octanol–water partition coefficient (Wildman–Crippen LogP) is 4.94. The molecule has 0 bridgehead atoms. The lowest BCUT2D eigenvalue weighted by Gasteiger charge is -2.28. The Balaban J connectivity index is 1.81. The topological polar surface area (TPSA) is 26.0 Å². The quantitative estimate of drug-likeness (QED) is 0.732. The minimum atomic E-state index is -0.196. The average molecular weight is 395 g/mol. The van der Waals surface area contributed by atoms with Crippen LogP contribution in [-0.4, -0.2) is 0 Å². The summed E-state index contributed by atoms with van der Waals surface area (Å²) in [5.41, 5.74) is 10.4. The van der Waals surface area contributed by atoms with Gasteiger partial charge >= 0.3 is 0 Å². The highest BCUT2D eigenvalue weighted by Gasteiger charge is 2.23. The van der Waals surface area contributed by atoms with E-state index in [1.54, 1.807) is 6.07 Å². The highest BCUT2D eigenvalue weighted by molar-refractivity contribution is 14.1. The van der Waals surface area contributed by atoms with Crippen molar-refractivity contribution in [1.29, 1.82) is 0 Å². The van der Waals surface area contributed by atoms with Crippen molar-refractivity contribution in [3.63, 3.8) is 0 Å². The molecular weight excluding hydrogens is 376 g/mol. The summed E-state index contributed by atoms with van der Waals surface area (Å²) in [6, 6.07) is 13.6. The van der Waals surface area contributed by atoms with E-state index in [2.05, 4.69) is 46.9 Å². The van der Waals surface area contributed by atoms with Crippen LogP contribution >= 0.6 is 22.6 Å². The zero-order chi connectivity index (χ0) is 14.8. The molecule has 0 saturated carbocycles. The number of rotatable bonds is 3. The Labute approximate surface area is 138 Å². The van der Waals surface area contributed by atoms with Crippen LogP contribution < -0.4 is 5.73 Å². The minimum Gasteiger partial charge on any atom is -0.324 e. The van der Waals surface area contributed by atoms with Gasteiger partial charge in [-0.05, 0) is 83.0 Å². The van der Waals surface area contributed by atoms with Gasteiger partial charge in [0.15, 0.2) is 0 Å². The van der Waals surface area contributed by atoms with E-state index in [1.807, 2.05) is 6.07 Å². The molecule has 1 aliphatic carbocycles. The molecule has 110 valence electrons. The van der Waals surface area contributed by atoms with Crippen molar-refractivity contribution < 1.29 is 4.39 Å². The first-order valence-electron chi connectivity index (χ1n) is 7.43. The van der Waals surface area contributed by atoms with Crippen LogP contribution in [-0.2, 0) is 6.42 Å². The summed E-state index contributed by atoms with van der Waals surface area (Å²) in [6.45, 7) is 0. The second-order valence-corrected chi connectivity index (χ2v) is 6.96. The summed E-state index contributed by atoms with van der Waals surface area (Å²) >= 11 is 2.18. The molecule has 2 atom stereocenters. The largest absolute Gasteiger partial charge is 0.324 e. The lowest BCUT2D eigenvalue weighted by Crippen LogP contribution is -2.19. The SMILES string of the molecule is NC(CC1CCCc2ccccc21)c1ccc(F)cc1I. The van der Waals surface area contributed by atoms with Crippen molar-refractivity contribution in [1.82, 2.24) is 0 Å². The molecule has 21 heavy (non-hydrogen) atoms. The second kappa shape index (κ2) is 6.44. The molecule has 0 aliphatic heterocycles. The molecule has 1 nitrogen and oxygen atoms in total. The van der Waals surface area contributed by atoms with Crippen LogP contribution in [0.4, 0.5) is 4.39 Å². The molecule has 0 heterocycles. The number of benzene rings is 2. The molecule has 2 aromatic carbocycles. The van der Waals surface area contributed by atoms with Crippen LogP contribution in [0.5, 0.6) is 0 Å². The van der Waals surface area contributed by atoms with Gasteiger partial charge in [0.05, 0.1) is 0 Å². The van der Waals surface area contributed by atoms with E-state index < -0.39 is 0 Å². The van der Waals surface area contributed by atoms with Gasteiger partial charge in [0.1, 0.15) is 5.82 Å². The van der Waals surface area contributed by atoms with Crippen LogP contribution in [0.2, 0.25) is 0 Å². The normalized spacial score (nSPS) is 19.1. The molecule has 0 amide bonds. The van der Waals surface area contributed by atoms with Gasteiger partial charge in [0, 0.05) is 9.61 Å². The van der Waals surface area contributed by atoms with E-state index in [1.165, 1.54) is 36.5 Å². The number of hydrogen-bond acceptors (Lipinski definition) is 1. The minimum absolute atomic E-state index is 0.0337. The Kier molecular flexibility index (Phi) is 4.60. The number of fused-ring (bicyclic) bond motifs is 1. The molecule has 0 fully saturated rings. The standard InChI is InChI=1S/C18H19FIN/c19-14-8-9-16(17(20)11-14)18(21)10-13-6-3-5-12-4-1-2-7-15(12)13/h1-2,4,7-9,11,13,18H,3,5-6,10,21H2. The first kappa shape index (κ1) is 15.0. The summed E-state index contributed by atoms with van der Waals surface area (Å²) in [4.78, 5) is 0. The van der Waals surface area contributed by atoms with E-state index in [9.17, 15) is 4.39 Å². The lowest BCUT2D eigenvalue weighted by molar-refractivity contribution is 0.475. The van der Waals surface area contributed by atoms with Crippen molar-refractivity contribution in [3.05, 3.63) is 68.5 Å². The molecule has 1 aliphatic rings. The van der Waals surface area contributed by atoms with Crippen LogP contribution in [0, 0.1) is 9.39 Å². The highest BCUT2D eigenvalue weighted by atomic mass is 127. The number of halogens is 2. The molecule has 0 saturated heterocycles. The maximum atomic E-state index is 13.2. The third-order valence-corrected chi connectivity index (χ3v) is 5.33. The van der Waals surface area contributed by atoms with Crippen molar-refractivity contribution in [3.8, 4) is 0 Å². The van der Waals surface area contributed by atoms with Gasteiger partial charge in [-0.2, -0.15) is 0 Å². The molecule has 3 rings (SSSR count). The van der Waals surface area contributed by atoms with Crippen molar-refractivity contribution >= 4 is 22.6 Å². The fourth-order valence-electron chi connectivity index (χ4n) is 3.34. The summed E-state index contributed by atoms with van der Waals surface area (Å²) < 4.78 is 14.1. The third-order valence-electron chi connectivity index (χ3n) is 4.39. The Bertz CT molecular complexity index is 641. The van der Waals surface area contributed by atoms with Gasteiger partial charge in [-0.3, -0.25) is 0 Å². The molecule has 2 N–H and O–H groups in total. The molecule has 0 radical (unpaired) electrons. The van der Waals surface area contributed by atoms with Gasteiger partial charge in [0.25, 0.3) is 0 Å². The Morgan fingerprint density at radius 1 is 1.24 bits per heavy atom. The zero-order valence-electron chi connectivity index (χ0n) is 11.9. The van der Waals surface area contributed by atoms with Crippen LogP contribution in [0.25, 0.3) is 0 Å². The molecule has 3 heteroatoms. The van der Waals surface area contributed by atoms with Gasteiger partial charge in [-0.25, -0.2) is 4.39 Å². The van der Waals surface area contributed by atoms with Crippen LogP contribution in [0.1, 0.15) is 47.9 Å². The van der Waals surface area contributed by atoms with E-state index in [0.717, 1.165) is 15.6 Å². The predicted molar refractivity (Wildman–Crippen MR) is 92.8 cm³/mol. The zero-order valence-corrected chi connectivity index (χ0v) is 14.0. The van der Waals surface area contributed by atoms with E-state index in [4.69, 9.17) is 5.73 Å². The Morgan fingerprint density at radius 3 is 2.86 bits per heavy atom. The van der Waals surface area contributed by atoms with Gasteiger partial charge in [0.2, 0.25) is 0 Å². The van der Waals surface area contributed by atoms with Crippen molar-refractivity contribution in [2.24, 2.45) is 5.73 Å². The smallest absolute Gasteiger partial charge is 0.124 e. The van der Waals surface area contributed by atoms with Crippen LogP contribution in [0.15, 0.2) is 42.5 Å². The maximum absolute atomic E-state index is 13.2. The van der Waals surface area contributed by atoms with E-state index in [0.29, 0.717) is 5.92 Å². The Hall–Kier alpha value is -0.940. The molecule has 0 spiro atoms. The number of nitrogens with two attached hydrogens (primary N) is 1. The monoisotopic (exact) mass is 395 g/mol. The summed E-state index contributed by atoms with van der Waals surface area (Å²) in [7, 11) is 0. The molecule has 0 aromatic heterocycles. The first-order chi connectivity index (χ1) is 10.1. The molecular formula is C18H19FIN. The van der Waals surface area contributed by atoms with E-state index >= 15 is 0 Å². The van der Waals surface area contributed by atoms with Gasteiger partial charge < -0.3 is 5.73 Å². The molecule has 2 aromatic rings. The van der Waals surface area contributed by atoms with Gasteiger partial charge in [-0.1, -0.05) is 30.3 Å². The maximum Gasteiger partial charge on any atom is 0.124 e. The average Bonchev–Trinajstić information content (AvgIpc) is 2.47. The van der Waals surface area contributed by atoms with Crippen LogP contribution in [0.3, 0.4) is 0 Å². The fraction of sp³-hybridized carbons (Fsp3) is 0.333. The third kappa shape index (κ3) is 3.29. The lowest BCUT2D eigenvalue weighted by atomic mass is 9.79. The Morgan fingerprint density at radius 2 is 2.05 bits per heavy atom. The number of aryl methyl sites for hydroxylation is 1. The van der Waals surface area contributed by atoms with Crippen molar-refractivity contribution in [2.45, 2.75) is 37.6 Å². The number of hydrogen-bond donors (Lipinski definition) is 1. The summed E-state index contributed by atoms with van der Waals surface area (Å²) in [5.74, 6) is 0.323. The first-order valence-corrected chi connectivity index (χ1v) is 8.51. The summed E-state index contributed by atoms with van der Waals surface area (Å²) in [5, 5.41) is 0. The van der Waals surface area contributed by atoms with E-state index in [-0.39, 0.29) is 11.9 Å². The van der Waals surface area contributed by atoms with Gasteiger partial charge in [-0.15, -0.1) is 0 Å². The fourth-order valence-corrected chi connectivity index (χ4v) is 4.21.